The second-order valence-electron chi connectivity index (χ2n) is 5.46. The van der Waals surface area contributed by atoms with E-state index < -0.39 is 0 Å². The SMILES string of the molecule is COc1cccc(NC(C2CC2)C2CC2)c1[N+](=O)[O-]. The van der Waals surface area contributed by atoms with Crippen molar-refractivity contribution in [3.05, 3.63) is 28.3 Å². The zero-order valence-corrected chi connectivity index (χ0v) is 11.0. The third-order valence-corrected chi connectivity index (χ3v) is 3.98. The van der Waals surface area contributed by atoms with Gasteiger partial charge < -0.3 is 10.1 Å². The summed E-state index contributed by atoms with van der Waals surface area (Å²) in [5, 5.41) is 14.6. The van der Waals surface area contributed by atoms with E-state index >= 15 is 0 Å². The maximum Gasteiger partial charge on any atom is 0.333 e. The first-order chi connectivity index (χ1) is 9.20. The van der Waals surface area contributed by atoms with Crippen molar-refractivity contribution in [2.24, 2.45) is 11.8 Å². The normalized spacial score (nSPS) is 18.4. The molecule has 0 saturated heterocycles. The van der Waals surface area contributed by atoms with E-state index in [1.54, 1.807) is 18.2 Å². The first-order valence-electron chi connectivity index (χ1n) is 6.78. The maximum absolute atomic E-state index is 11.2. The third-order valence-electron chi connectivity index (χ3n) is 3.98. The molecule has 0 unspecified atom stereocenters. The Kier molecular flexibility index (Phi) is 3.05. The number of methoxy groups -OCH3 is 1. The summed E-state index contributed by atoms with van der Waals surface area (Å²) >= 11 is 0. The quantitative estimate of drug-likeness (QED) is 0.631. The Labute approximate surface area is 112 Å². The lowest BCUT2D eigenvalue weighted by Gasteiger charge is -2.19. The van der Waals surface area contributed by atoms with Crippen molar-refractivity contribution in [2.45, 2.75) is 31.7 Å². The van der Waals surface area contributed by atoms with Crippen molar-refractivity contribution in [1.82, 2.24) is 0 Å². The predicted octanol–water partition coefficient (Wildman–Crippen LogP) is 3.20. The van der Waals surface area contributed by atoms with Crippen LogP contribution in [0.2, 0.25) is 0 Å². The molecule has 0 aliphatic heterocycles. The van der Waals surface area contributed by atoms with E-state index in [-0.39, 0.29) is 10.6 Å². The van der Waals surface area contributed by atoms with Gasteiger partial charge in [-0.05, 0) is 49.7 Å². The second-order valence-corrected chi connectivity index (χ2v) is 5.46. The highest BCUT2D eigenvalue weighted by atomic mass is 16.6. The molecule has 2 saturated carbocycles. The van der Waals surface area contributed by atoms with E-state index in [4.69, 9.17) is 4.74 Å². The molecule has 1 N–H and O–H groups in total. The topological polar surface area (TPSA) is 64.4 Å². The van der Waals surface area contributed by atoms with Crippen molar-refractivity contribution < 1.29 is 9.66 Å². The summed E-state index contributed by atoms with van der Waals surface area (Å²) in [6, 6.07) is 5.60. The van der Waals surface area contributed by atoms with Gasteiger partial charge in [0.05, 0.1) is 12.0 Å². The Morgan fingerprint density at radius 3 is 2.42 bits per heavy atom. The zero-order valence-electron chi connectivity index (χ0n) is 11.0. The molecular weight excluding hydrogens is 244 g/mol. The average Bonchev–Trinajstić information content (AvgIpc) is 3.28. The number of rotatable bonds is 6. The molecule has 0 heterocycles. The van der Waals surface area contributed by atoms with Gasteiger partial charge >= 0.3 is 5.69 Å². The molecule has 0 amide bonds. The van der Waals surface area contributed by atoms with Crippen LogP contribution in [0.15, 0.2) is 18.2 Å². The highest BCUT2D eigenvalue weighted by molar-refractivity contribution is 5.69. The van der Waals surface area contributed by atoms with Crippen LogP contribution in [0.1, 0.15) is 25.7 Å². The Morgan fingerprint density at radius 2 is 1.95 bits per heavy atom. The van der Waals surface area contributed by atoms with Gasteiger partial charge in [0.2, 0.25) is 0 Å². The van der Waals surface area contributed by atoms with Crippen LogP contribution >= 0.6 is 0 Å². The van der Waals surface area contributed by atoms with Crippen LogP contribution in [-0.4, -0.2) is 18.1 Å². The van der Waals surface area contributed by atoms with Gasteiger partial charge in [0.25, 0.3) is 0 Å². The van der Waals surface area contributed by atoms with Crippen molar-refractivity contribution in [2.75, 3.05) is 12.4 Å². The van der Waals surface area contributed by atoms with Crippen LogP contribution < -0.4 is 10.1 Å². The van der Waals surface area contributed by atoms with Crippen molar-refractivity contribution in [3.63, 3.8) is 0 Å². The molecule has 102 valence electrons. The highest BCUT2D eigenvalue weighted by Gasteiger charge is 2.42. The number of benzene rings is 1. The van der Waals surface area contributed by atoms with Crippen molar-refractivity contribution in [3.8, 4) is 5.75 Å². The average molecular weight is 262 g/mol. The number of ether oxygens (including phenoxy) is 1. The predicted molar refractivity (Wildman–Crippen MR) is 72.5 cm³/mol. The molecule has 3 rings (SSSR count). The van der Waals surface area contributed by atoms with E-state index in [1.807, 2.05) is 0 Å². The summed E-state index contributed by atoms with van der Waals surface area (Å²) < 4.78 is 5.10. The summed E-state index contributed by atoms with van der Waals surface area (Å²) in [5.74, 6) is 1.71. The fraction of sp³-hybridized carbons (Fsp3) is 0.571. The van der Waals surface area contributed by atoms with E-state index in [0.717, 1.165) is 0 Å². The minimum atomic E-state index is -0.363. The van der Waals surface area contributed by atoms with Gasteiger partial charge in [-0.2, -0.15) is 0 Å². The number of anilines is 1. The molecule has 2 fully saturated rings. The fourth-order valence-electron chi connectivity index (χ4n) is 2.70. The van der Waals surface area contributed by atoms with Crippen LogP contribution in [0, 0.1) is 22.0 Å². The van der Waals surface area contributed by atoms with Crippen LogP contribution in [0.3, 0.4) is 0 Å². The minimum Gasteiger partial charge on any atom is -0.490 e. The molecule has 2 aliphatic rings. The highest BCUT2D eigenvalue weighted by Crippen LogP contribution is 2.47. The van der Waals surface area contributed by atoms with Gasteiger partial charge in [-0.1, -0.05) is 6.07 Å². The van der Waals surface area contributed by atoms with Crippen LogP contribution in [0.4, 0.5) is 11.4 Å². The summed E-state index contributed by atoms with van der Waals surface area (Å²) in [6.45, 7) is 0. The van der Waals surface area contributed by atoms with Gasteiger partial charge in [-0.15, -0.1) is 0 Å². The monoisotopic (exact) mass is 262 g/mol. The molecular formula is C14H18N2O3. The second kappa shape index (κ2) is 4.72. The van der Waals surface area contributed by atoms with E-state index in [9.17, 15) is 10.1 Å². The number of para-hydroxylation sites is 1. The lowest BCUT2D eigenvalue weighted by molar-refractivity contribution is -0.384. The molecule has 0 atom stereocenters. The molecule has 2 aliphatic carbocycles. The molecule has 1 aromatic rings. The number of nitrogens with one attached hydrogen (secondary N) is 1. The Balaban J connectivity index is 1.88. The summed E-state index contributed by atoms with van der Waals surface area (Å²) in [7, 11) is 1.46. The fourth-order valence-corrected chi connectivity index (χ4v) is 2.70. The lowest BCUT2D eigenvalue weighted by atomic mass is 10.1. The lowest BCUT2D eigenvalue weighted by Crippen LogP contribution is -2.24. The zero-order chi connectivity index (χ0) is 13.4. The van der Waals surface area contributed by atoms with Gasteiger partial charge in [0.1, 0.15) is 5.69 Å². The van der Waals surface area contributed by atoms with E-state index in [2.05, 4.69) is 5.32 Å². The van der Waals surface area contributed by atoms with Crippen molar-refractivity contribution >= 4 is 11.4 Å². The number of nitrogens with zero attached hydrogens (tertiary/aromatic N) is 1. The Bertz CT molecular complexity index is 483. The van der Waals surface area contributed by atoms with Crippen LogP contribution in [0.25, 0.3) is 0 Å². The largest absolute Gasteiger partial charge is 0.490 e. The standard InChI is InChI=1S/C14H18N2O3/c1-19-12-4-2-3-11(14(12)16(17)18)15-13(9-5-6-9)10-7-8-10/h2-4,9-10,13,15H,5-8H2,1H3. The van der Waals surface area contributed by atoms with Gasteiger partial charge in [0, 0.05) is 6.04 Å². The molecule has 1 aromatic carbocycles. The first-order valence-corrected chi connectivity index (χ1v) is 6.78. The Morgan fingerprint density at radius 1 is 1.32 bits per heavy atom. The summed E-state index contributed by atoms with van der Waals surface area (Å²) in [5.41, 5.74) is 0.643. The smallest absolute Gasteiger partial charge is 0.333 e. The Hall–Kier alpha value is -1.78. The molecule has 0 aromatic heterocycles. The van der Waals surface area contributed by atoms with Crippen molar-refractivity contribution in [1.29, 1.82) is 0 Å². The number of hydrogen-bond acceptors (Lipinski definition) is 4. The minimum absolute atomic E-state index is 0.0521. The molecule has 0 bridgehead atoms. The summed E-state index contributed by atoms with van der Waals surface area (Å²) in [6.07, 6.45) is 4.97. The number of hydrogen-bond donors (Lipinski definition) is 1. The van der Waals surface area contributed by atoms with Crippen LogP contribution in [0.5, 0.6) is 5.75 Å². The van der Waals surface area contributed by atoms with Crippen LogP contribution in [-0.2, 0) is 0 Å². The number of nitro groups is 1. The van der Waals surface area contributed by atoms with E-state index in [0.29, 0.717) is 29.3 Å². The molecule has 0 radical (unpaired) electrons. The van der Waals surface area contributed by atoms with Gasteiger partial charge in [0.15, 0.2) is 5.75 Å². The van der Waals surface area contributed by atoms with Gasteiger partial charge in [-0.25, -0.2) is 0 Å². The van der Waals surface area contributed by atoms with E-state index in [1.165, 1.54) is 32.8 Å². The molecule has 5 heteroatoms. The molecule has 0 spiro atoms. The maximum atomic E-state index is 11.2. The third kappa shape index (κ3) is 2.50. The molecule has 5 nitrogen and oxygen atoms in total. The van der Waals surface area contributed by atoms with Gasteiger partial charge in [-0.3, -0.25) is 10.1 Å². The number of nitro benzene ring substituents is 1. The first kappa shape index (κ1) is 12.3. The molecule has 19 heavy (non-hydrogen) atoms. The summed E-state index contributed by atoms with van der Waals surface area (Å²) in [4.78, 5) is 10.9.